The highest BCUT2D eigenvalue weighted by atomic mass is 35.5. The van der Waals surface area contributed by atoms with Crippen molar-refractivity contribution in [3.63, 3.8) is 0 Å². The Balaban J connectivity index is 1.99. The summed E-state index contributed by atoms with van der Waals surface area (Å²) in [5, 5.41) is 0. The molecule has 0 aliphatic heterocycles. The van der Waals surface area contributed by atoms with E-state index in [2.05, 4.69) is 34.4 Å². The predicted molar refractivity (Wildman–Crippen MR) is 73.8 cm³/mol. The van der Waals surface area contributed by atoms with Crippen molar-refractivity contribution in [1.82, 2.24) is 14.5 Å². The first-order valence-corrected chi connectivity index (χ1v) is 7.00. The normalized spacial score (nSPS) is 21.4. The Hall–Kier alpha value is -1.09. The van der Waals surface area contributed by atoms with Crippen LogP contribution < -0.4 is 0 Å². The zero-order valence-electron chi connectivity index (χ0n) is 10.9. The molecule has 1 saturated carbocycles. The molecule has 0 bridgehead atoms. The van der Waals surface area contributed by atoms with E-state index in [1.54, 1.807) is 0 Å². The zero-order valence-corrected chi connectivity index (χ0v) is 11.6. The molecule has 3 nitrogen and oxygen atoms in total. The van der Waals surface area contributed by atoms with Crippen molar-refractivity contribution in [2.24, 2.45) is 11.3 Å². The maximum atomic E-state index is 5.87. The van der Waals surface area contributed by atoms with Gasteiger partial charge in [0.2, 0.25) is 0 Å². The van der Waals surface area contributed by atoms with Gasteiger partial charge in [-0.2, -0.15) is 0 Å². The number of halogens is 1. The third kappa shape index (κ3) is 2.01. The van der Waals surface area contributed by atoms with Gasteiger partial charge in [0, 0.05) is 25.0 Å². The minimum absolute atomic E-state index is 0.488. The molecule has 1 aliphatic carbocycles. The van der Waals surface area contributed by atoms with Gasteiger partial charge in [-0.1, -0.05) is 13.8 Å². The molecule has 4 heteroatoms. The fourth-order valence-electron chi connectivity index (χ4n) is 2.62. The molecule has 0 radical (unpaired) electrons. The number of imidazole rings is 1. The summed E-state index contributed by atoms with van der Waals surface area (Å²) in [5.74, 6) is 2.47. The average Bonchev–Trinajstić information content (AvgIpc) is 2.79. The SMILES string of the molecule is CC1(C)CC1Cn1c(CCCl)nc2cnccc21. The lowest BCUT2D eigenvalue weighted by Gasteiger charge is -2.09. The average molecular weight is 264 g/mol. The van der Waals surface area contributed by atoms with Crippen molar-refractivity contribution in [2.45, 2.75) is 33.2 Å². The third-order valence-electron chi connectivity index (χ3n) is 4.07. The van der Waals surface area contributed by atoms with Crippen LogP contribution in [-0.4, -0.2) is 20.4 Å². The Kier molecular flexibility index (Phi) is 2.81. The number of fused-ring (bicyclic) bond motifs is 1. The van der Waals surface area contributed by atoms with Crippen LogP contribution in [-0.2, 0) is 13.0 Å². The minimum atomic E-state index is 0.488. The number of aryl methyl sites for hydroxylation is 1. The van der Waals surface area contributed by atoms with Crippen molar-refractivity contribution in [2.75, 3.05) is 5.88 Å². The molecule has 1 atom stereocenters. The molecule has 1 aliphatic rings. The molecule has 0 aromatic carbocycles. The molecule has 96 valence electrons. The van der Waals surface area contributed by atoms with E-state index in [0.29, 0.717) is 11.3 Å². The van der Waals surface area contributed by atoms with Crippen molar-refractivity contribution < 1.29 is 0 Å². The van der Waals surface area contributed by atoms with Crippen molar-refractivity contribution in [3.05, 3.63) is 24.3 Å². The Morgan fingerprint density at radius 2 is 2.28 bits per heavy atom. The number of pyridine rings is 1. The summed E-state index contributed by atoms with van der Waals surface area (Å²) < 4.78 is 2.33. The lowest BCUT2D eigenvalue weighted by Crippen LogP contribution is -2.08. The van der Waals surface area contributed by atoms with Gasteiger partial charge in [0.1, 0.15) is 11.3 Å². The van der Waals surface area contributed by atoms with Crippen LogP contribution in [0.1, 0.15) is 26.1 Å². The molecule has 2 aromatic rings. The van der Waals surface area contributed by atoms with E-state index in [1.165, 1.54) is 11.9 Å². The van der Waals surface area contributed by atoms with Crippen molar-refractivity contribution >= 4 is 22.6 Å². The summed E-state index contributed by atoms with van der Waals surface area (Å²) in [5.41, 5.74) is 2.66. The summed E-state index contributed by atoms with van der Waals surface area (Å²) in [4.78, 5) is 8.79. The van der Waals surface area contributed by atoms with E-state index in [0.717, 1.165) is 30.2 Å². The van der Waals surface area contributed by atoms with E-state index in [9.17, 15) is 0 Å². The van der Waals surface area contributed by atoms with Crippen LogP contribution in [0.3, 0.4) is 0 Å². The number of nitrogens with zero attached hydrogens (tertiary/aromatic N) is 3. The molecule has 2 heterocycles. The molecule has 18 heavy (non-hydrogen) atoms. The van der Waals surface area contributed by atoms with Crippen LogP contribution in [0.5, 0.6) is 0 Å². The molecule has 2 aromatic heterocycles. The first kappa shape index (κ1) is 12.0. The van der Waals surface area contributed by atoms with Gasteiger partial charge in [-0.3, -0.25) is 4.98 Å². The largest absolute Gasteiger partial charge is 0.328 e. The predicted octanol–water partition coefficient (Wildman–Crippen LogP) is 3.26. The second-order valence-electron chi connectivity index (χ2n) is 5.83. The smallest absolute Gasteiger partial charge is 0.111 e. The highest BCUT2D eigenvalue weighted by Gasteiger charge is 2.45. The van der Waals surface area contributed by atoms with Gasteiger partial charge in [-0.05, 0) is 23.8 Å². The molecule has 1 unspecified atom stereocenters. The molecular weight excluding hydrogens is 246 g/mol. The van der Waals surface area contributed by atoms with E-state index < -0.39 is 0 Å². The second kappa shape index (κ2) is 4.23. The van der Waals surface area contributed by atoms with Crippen LogP contribution in [0, 0.1) is 11.3 Å². The number of hydrogen-bond acceptors (Lipinski definition) is 2. The highest BCUT2D eigenvalue weighted by molar-refractivity contribution is 6.17. The van der Waals surface area contributed by atoms with Crippen LogP contribution in [0.15, 0.2) is 18.5 Å². The Bertz CT molecular complexity index is 573. The van der Waals surface area contributed by atoms with Gasteiger partial charge in [-0.25, -0.2) is 4.98 Å². The lowest BCUT2D eigenvalue weighted by atomic mass is 10.1. The zero-order chi connectivity index (χ0) is 12.8. The lowest BCUT2D eigenvalue weighted by molar-refractivity contribution is 0.496. The van der Waals surface area contributed by atoms with Crippen molar-refractivity contribution in [3.8, 4) is 0 Å². The number of rotatable bonds is 4. The molecule has 0 amide bonds. The minimum Gasteiger partial charge on any atom is -0.328 e. The van der Waals surface area contributed by atoms with Gasteiger partial charge < -0.3 is 4.57 Å². The summed E-state index contributed by atoms with van der Waals surface area (Å²) in [6.45, 7) is 5.72. The van der Waals surface area contributed by atoms with Crippen LogP contribution in [0.2, 0.25) is 0 Å². The topological polar surface area (TPSA) is 30.7 Å². The quantitative estimate of drug-likeness (QED) is 0.793. The third-order valence-corrected chi connectivity index (χ3v) is 4.26. The fourth-order valence-corrected chi connectivity index (χ4v) is 2.79. The van der Waals surface area contributed by atoms with Gasteiger partial charge in [-0.15, -0.1) is 11.6 Å². The van der Waals surface area contributed by atoms with Gasteiger partial charge in [0.15, 0.2) is 0 Å². The first-order valence-electron chi connectivity index (χ1n) is 6.47. The standard InChI is InChI=1S/C14H18ClN3/c1-14(2)7-10(14)9-18-12-4-6-16-8-11(12)17-13(18)3-5-15/h4,6,8,10H,3,5,7,9H2,1-2H3. The highest BCUT2D eigenvalue weighted by Crippen LogP contribution is 2.52. The monoisotopic (exact) mass is 263 g/mol. The van der Waals surface area contributed by atoms with Crippen molar-refractivity contribution in [1.29, 1.82) is 0 Å². The van der Waals surface area contributed by atoms with E-state index in [1.807, 2.05) is 12.4 Å². The number of aromatic nitrogens is 3. The maximum Gasteiger partial charge on any atom is 0.111 e. The van der Waals surface area contributed by atoms with Crippen LogP contribution >= 0.6 is 11.6 Å². The van der Waals surface area contributed by atoms with Crippen LogP contribution in [0.4, 0.5) is 0 Å². The van der Waals surface area contributed by atoms with E-state index in [-0.39, 0.29) is 0 Å². The van der Waals surface area contributed by atoms with Gasteiger partial charge >= 0.3 is 0 Å². The van der Waals surface area contributed by atoms with Gasteiger partial charge in [0.05, 0.1) is 11.7 Å². The molecule has 1 fully saturated rings. The Morgan fingerprint density at radius 3 is 2.94 bits per heavy atom. The second-order valence-corrected chi connectivity index (χ2v) is 6.21. The fraction of sp³-hybridized carbons (Fsp3) is 0.571. The molecule has 0 N–H and O–H groups in total. The molecular formula is C14H18ClN3. The summed E-state index contributed by atoms with van der Waals surface area (Å²) >= 11 is 5.87. The number of hydrogen-bond donors (Lipinski definition) is 0. The summed E-state index contributed by atoms with van der Waals surface area (Å²) in [6, 6.07) is 2.05. The van der Waals surface area contributed by atoms with Crippen LogP contribution in [0.25, 0.3) is 11.0 Å². The molecule has 0 spiro atoms. The Labute approximate surface area is 112 Å². The summed E-state index contributed by atoms with van der Waals surface area (Å²) in [7, 11) is 0. The van der Waals surface area contributed by atoms with Gasteiger partial charge in [0.25, 0.3) is 0 Å². The first-order chi connectivity index (χ1) is 8.62. The molecule has 0 saturated heterocycles. The van der Waals surface area contributed by atoms with E-state index in [4.69, 9.17) is 11.6 Å². The maximum absolute atomic E-state index is 5.87. The molecule has 3 rings (SSSR count). The summed E-state index contributed by atoms with van der Waals surface area (Å²) in [6.07, 6.45) is 5.80. The number of alkyl halides is 1. The Morgan fingerprint density at radius 1 is 1.50 bits per heavy atom. The van der Waals surface area contributed by atoms with E-state index >= 15 is 0 Å².